The van der Waals surface area contributed by atoms with E-state index in [2.05, 4.69) is 20.6 Å². The molecule has 130 valence electrons. The van der Waals surface area contributed by atoms with Gasteiger partial charge in [-0.25, -0.2) is 10.5 Å². The van der Waals surface area contributed by atoms with Gasteiger partial charge in [-0.1, -0.05) is 11.6 Å². The van der Waals surface area contributed by atoms with Gasteiger partial charge in [-0.15, -0.1) is 0 Å². The number of hydrogen-bond donors (Lipinski definition) is 4. The molecule has 0 saturated carbocycles. The Morgan fingerprint density at radius 2 is 1.88 bits per heavy atom. The number of carbonyl (C=O) groups excluding carboxylic acids is 2. The van der Waals surface area contributed by atoms with E-state index in [9.17, 15) is 9.59 Å². The fraction of sp³-hybridized carbons (Fsp3) is 0.125. The highest BCUT2D eigenvalue weighted by Gasteiger charge is 2.04. The summed E-state index contributed by atoms with van der Waals surface area (Å²) in [5, 5.41) is 14.7. The fourth-order valence-electron chi connectivity index (χ4n) is 1.78. The number of rotatable bonds is 7. The van der Waals surface area contributed by atoms with Crippen molar-refractivity contribution in [1.29, 1.82) is 0 Å². The van der Waals surface area contributed by atoms with E-state index in [1.165, 1.54) is 23.9 Å². The molecule has 0 fully saturated rings. The molecule has 25 heavy (non-hydrogen) atoms. The van der Waals surface area contributed by atoms with Gasteiger partial charge in [0.05, 0.1) is 18.1 Å². The third-order valence-corrected chi connectivity index (χ3v) is 3.26. The van der Waals surface area contributed by atoms with Gasteiger partial charge in [0.1, 0.15) is 5.82 Å². The lowest BCUT2D eigenvalue weighted by atomic mass is 10.2. The summed E-state index contributed by atoms with van der Waals surface area (Å²) in [6.45, 7) is 0.873. The van der Waals surface area contributed by atoms with Crippen LogP contribution in [0.25, 0.3) is 6.08 Å². The van der Waals surface area contributed by atoms with Gasteiger partial charge in [0.25, 0.3) is 11.8 Å². The van der Waals surface area contributed by atoms with Gasteiger partial charge in [-0.3, -0.25) is 19.8 Å². The number of carbonyl (C=O) groups is 2. The van der Waals surface area contributed by atoms with E-state index in [-0.39, 0.29) is 5.91 Å². The van der Waals surface area contributed by atoms with Crippen molar-refractivity contribution in [3.8, 4) is 0 Å². The van der Waals surface area contributed by atoms with Gasteiger partial charge in [0.15, 0.2) is 0 Å². The molecule has 0 bridgehead atoms. The number of hydroxylamine groups is 1. The molecule has 0 aliphatic heterocycles. The Bertz CT molecular complexity index is 747. The molecule has 0 atom stereocenters. The van der Waals surface area contributed by atoms with Crippen molar-refractivity contribution >= 4 is 35.3 Å². The second-order valence-electron chi connectivity index (χ2n) is 4.83. The van der Waals surface area contributed by atoms with Crippen molar-refractivity contribution in [2.24, 2.45) is 0 Å². The van der Waals surface area contributed by atoms with Gasteiger partial charge in [-0.2, -0.15) is 0 Å². The van der Waals surface area contributed by atoms with E-state index in [1.54, 1.807) is 24.3 Å². The van der Waals surface area contributed by atoms with E-state index >= 15 is 0 Å². The molecule has 0 radical (unpaired) electrons. The van der Waals surface area contributed by atoms with Crippen LogP contribution in [0.2, 0.25) is 5.02 Å². The van der Waals surface area contributed by atoms with Crippen molar-refractivity contribution in [3.63, 3.8) is 0 Å². The first kappa shape index (κ1) is 18.4. The summed E-state index contributed by atoms with van der Waals surface area (Å²) in [7, 11) is 0. The molecular formula is C16H16ClN5O3. The van der Waals surface area contributed by atoms with Crippen molar-refractivity contribution in [3.05, 3.63) is 59.0 Å². The highest BCUT2D eigenvalue weighted by Crippen LogP contribution is 2.09. The van der Waals surface area contributed by atoms with Crippen molar-refractivity contribution in [1.82, 2.24) is 20.8 Å². The maximum absolute atomic E-state index is 11.9. The lowest BCUT2D eigenvalue weighted by Gasteiger charge is -2.07. The van der Waals surface area contributed by atoms with Crippen LogP contribution in [0.1, 0.15) is 16.1 Å². The smallest absolute Gasteiger partial charge is 0.267 e. The zero-order valence-corrected chi connectivity index (χ0v) is 13.8. The fourth-order valence-corrected chi connectivity index (χ4v) is 1.91. The lowest BCUT2D eigenvalue weighted by molar-refractivity contribution is -0.124. The molecule has 2 rings (SSSR count). The first-order valence-corrected chi connectivity index (χ1v) is 7.68. The summed E-state index contributed by atoms with van der Waals surface area (Å²) in [5.41, 5.74) is 2.47. The Balaban J connectivity index is 1.74. The van der Waals surface area contributed by atoms with Crippen LogP contribution in [0.4, 0.5) is 5.82 Å². The number of aromatic nitrogens is 2. The number of hydrogen-bond acceptors (Lipinski definition) is 6. The summed E-state index contributed by atoms with van der Waals surface area (Å²) in [6, 6.07) is 6.62. The molecule has 2 aromatic rings. The van der Waals surface area contributed by atoms with E-state index < -0.39 is 5.91 Å². The summed E-state index contributed by atoms with van der Waals surface area (Å²) < 4.78 is 0. The van der Waals surface area contributed by atoms with E-state index in [4.69, 9.17) is 16.8 Å². The van der Waals surface area contributed by atoms with Crippen molar-refractivity contribution in [2.75, 3.05) is 18.4 Å². The third-order valence-electron chi connectivity index (χ3n) is 3.01. The van der Waals surface area contributed by atoms with E-state index in [0.717, 1.165) is 6.08 Å². The standard InChI is InChI=1S/C16H16ClN5O3/c17-12-3-1-11(2-4-12)16(24)19-8-7-18-14-10-20-13(9-21-14)5-6-15(23)22-25/h1-6,9-10,25H,7-8H2,(H,18,21)(H,19,24)(H,22,23). The van der Waals surface area contributed by atoms with Crippen LogP contribution < -0.4 is 16.1 Å². The SMILES string of the molecule is O=C(C=Cc1cnc(NCCNC(=O)c2ccc(Cl)cc2)cn1)NO. The van der Waals surface area contributed by atoms with Gasteiger partial charge >= 0.3 is 0 Å². The topological polar surface area (TPSA) is 116 Å². The number of nitrogens with zero attached hydrogens (tertiary/aromatic N) is 2. The first-order chi connectivity index (χ1) is 12.1. The maximum atomic E-state index is 11.9. The quantitative estimate of drug-likeness (QED) is 0.257. The lowest BCUT2D eigenvalue weighted by Crippen LogP contribution is -2.28. The molecular weight excluding hydrogens is 346 g/mol. The number of halogens is 1. The molecule has 0 saturated heterocycles. The zero-order valence-electron chi connectivity index (χ0n) is 13.1. The van der Waals surface area contributed by atoms with E-state index in [0.29, 0.717) is 35.2 Å². The second-order valence-corrected chi connectivity index (χ2v) is 5.26. The monoisotopic (exact) mass is 361 g/mol. The minimum absolute atomic E-state index is 0.188. The zero-order chi connectivity index (χ0) is 18.1. The summed E-state index contributed by atoms with van der Waals surface area (Å²) >= 11 is 5.78. The summed E-state index contributed by atoms with van der Waals surface area (Å²) in [6.07, 6.45) is 5.51. The van der Waals surface area contributed by atoms with Gasteiger partial charge in [-0.05, 0) is 30.3 Å². The minimum Gasteiger partial charge on any atom is -0.367 e. The molecule has 0 aliphatic carbocycles. The molecule has 4 N–H and O–H groups in total. The van der Waals surface area contributed by atoms with E-state index in [1.807, 2.05) is 0 Å². The summed E-state index contributed by atoms with van der Waals surface area (Å²) in [5.74, 6) is -0.308. The molecule has 0 unspecified atom stereocenters. The summed E-state index contributed by atoms with van der Waals surface area (Å²) in [4.78, 5) is 30.9. The maximum Gasteiger partial charge on any atom is 0.267 e. The second kappa shape index (κ2) is 9.36. The molecule has 0 spiro atoms. The molecule has 1 heterocycles. The Morgan fingerprint density at radius 1 is 1.12 bits per heavy atom. The Hall–Kier alpha value is -2.97. The number of anilines is 1. The number of nitrogens with one attached hydrogen (secondary N) is 3. The molecule has 0 aliphatic rings. The highest BCUT2D eigenvalue weighted by atomic mass is 35.5. The molecule has 1 aromatic heterocycles. The van der Waals surface area contributed by atoms with Crippen molar-refractivity contribution < 1.29 is 14.8 Å². The van der Waals surface area contributed by atoms with Gasteiger partial charge < -0.3 is 10.6 Å². The number of amides is 2. The van der Waals surface area contributed by atoms with Crippen LogP contribution in [0.15, 0.2) is 42.7 Å². The average molecular weight is 362 g/mol. The Morgan fingerprint density at radius 3 is 2.52 bits per heavy atom. The van der Waals surface area contributed by atoms with Crippen LogP contribution in [-0.2, 0) is 4.79 Å². The molecule has 9 heteroatoms. The molecule has 1 aromatic carbocycles. The number of benzene rings is 1. The third kappa shape index (κ3) is 6.21. The van der Waals surface area contributed by atoms with Crippen molar-refractivity contribution in [2.45, 2.75) is 0 Å². The van der Waals surface area contributed by atoms with Crippen LogP contribution in [-0.4, -0.2) is 40.1 Å². The Kier molecular flexibility index (Phi) is 6.87. The molecule has 2 amide bonds. The van der Waals surface area contributed by atoms with Crippen LogP contribution in [0, 0.1) is 0 Å². The normalized spacial score (nSPS) is 10.5. The van der Waals surface area contributed by atoms with Crippen LogP contribution >= 0.6 is 11.6 Å². The van der Waals surface area contributed by atoms with Crippen LogP contribution in [0.5, 0.6) is 0 Å². The average Bonchev–Trinajstić information content (AvgIpc) is 2.64. The predicted molar refractivity (Wildman–Crippen MR) is 93.3 cm³/mol. The predicted octanol–water partition coefficient (Wildman–Crippen LogP) is 1.49. The largest absolute Gasteiger partial charge is 0.367 e. The van der Waals surface area contributed by atoms with Gasteiger partial charge in [0, 0.05) is 29.8 Å². The first-order valence-electron chi connectivity index (χ1n) is 7.30. The highest BCUT2D eigenvalue weighted by molar-refractivity contribution is 6.30. The Labute approximate surface area is 148 Å². The van der Waals surface area contributed by atoms with Crippen LogP contribution in [0.3, 0.4) is 0 Å². The van der Waals surface area contributed by atoms with Gasteiger partial charge in [0.2, 0.25) is 0 Å². The molecule has 8 nitrogen and oxygen atoms in total. The minimum atomic E-state index is -0.652.